The zero-order valence-electron chi connectivity index (χ0n) is 14.1. The number of carboxylic acid groups (broad SMARTS) is 1. The van der Waals surface area contributed by atoms with E-state index in [2.05, 4.69) is 10.6 Å². The van der Waals surface area contributed by atoms with E-state index in [1.165, 1.54) is 6.92 Å². The maximum Gasteiger partial charge on any atom is 0.303 e. The van der Waals surface area contributed by atoms with Crippen molar-refractivity contribution in [3.8, 4) is 0 Å². The summed E-state index contributed by atoms with van der Waals surface area (Å²) in [5, 5.41) is 13.5. The van der Waals surface area contributed by atoms with Crippen LogP contribution in [0.2, 0.25) is 0 Å². The lowest BCUT2D eigenvalue weighted by Gasteiger charge is -2.21. The van der Waals surface area contributed by atoms with Gasteiger partial charge in [-0.3, -0.25) is 14.4 Å². The molecule has 0 aromatic rings. The number of hydrogen-bond acceptors (Lipinski definition) is 7. The fraction of sp³-hybridized carbons (Fsp3) is 0.667. The van der Waals surface area contributed by atoms with Crippen molar-refractivity contribution in [1.29, 1.82) is 0 Å². The molecule has 0 rings (SSSR count). The number of carbonyl (C=O) groups excluding carboxylic acids is 4. The fourth-order valence-corrected chi connectivity index (χ4v) is 1.94. The maximum atomic E-state index is 12.2. The van der Waals surface area contributed by atoms with Crippen LogP contribution < -0.4 is 22.1 Å². The predicted octanol–water partition coefficient (Wildman–Crippen LogP) is -1.94. The van der Waals surface area contributed by atoms with Crippen LogP contribution in [0.4, 0.5) is 0 Å². The van der Waals surface area contributed by atoms with E-state index in [1.54, 1.807) is 0 Å². The molecule has 0 fully saturated rings. The van der Waals surface area contributed by atoms with Crippen LogP contribution in [-0.2, 0) is 24.0 Å². The molecule has 0 aliphatic rings. The summed E-state index contributed by atoms with van der Waals surface area (Å²) in [6, 6.07) is -3.44. The minimum absolute atomic E-state index is 0.138. The zero-order chi connectivity index (χ0) is 19.4. The van der Waals surface area contributed by atoms with Gasteiger partial charge in [0.2, 0.25) is 11.8 Å². The van der Waals surface area contributed by atoms with Gasteiger partial charge in [-0.15, -0.1) is 0 Å². The normalized spacial score (nSPS) is 15.3. The molecular formula is C15H26N4O6. The average molecular weight is 358 g/mol. The van der Waals surface area contributed by atoms with E-state index in [-0.39, 0.29) is 19.3 Å². The molecule has 142 valence electrons. The minimum atomic E-state index is -1.12. The summed E-state index contributed by atoms with van der Waals surface area (Å²) in [6.45, 7) is 1.42. The summed E-state index contributed by atoms with van der Waals surface area (Å²) < 4.78 is 0. The van der Waals surface area contributed by atoms with Crippen molar-refractivity contribution >= 4 is 30.4 Å². The Bertz CT molecular complexity index is 483. The van der Waals surface area contributed by atoms with Gasteiger partial charge in [0, 0.05) is 6.42 Å². The molecule has 2 amide bonds. The highest BCUT2D eigenvalue weighted by atomic mass is 16.4. The van der Waals surface area contributed by atoms with Crippen molar-refractivity contribution in [2.45, 2.75) is 63.2 Å². The van der Waals surface area contributed by atoms with Gasteiger partial charge in [0.15, 0.2) is 0 Å². The van der Waals surface area contributed by atoms with Gasteiger partial charge in [0.1, 0.15) is 18.6 Å². The summed E-state index contributed by atoms with van der Waals surface area (Å²) >= 11 is 0. The van der Waals surface area contributed by atoms with Gasteiger partial charge < -0.3 is 36.8 Å². The summed E-state index contributed by atoms with van der Waals surface area (Å²) in [7, 11) is 0. The summed E-state index contributed by atoms with van der Waals surface area (Å²) in [5.74, 6) is -2.40. The van der Waals surface area contributed by atoms with Crippen molar-refractivity contribution < 1.29 is 29.1 Å². The molecular weight excluding hydrogens is 332 g/mol. The van der Waals surface area contributed by atoms with Gasteiger partial charge in [-0.1, -0.05) is 0 Å². The molecule has 0 heterocycles. The topological polar surface area (TPSA) is 182 Å². The van der Waals surface area contributed by atoms with Gasteiger partial charge in [0.05, 0.1) is 18.1 Å². The number of nitrogens with one attached hydrogen (secondary N) is 2. The third-order valence-corrected chi connectivity index (χ3v) is 3.41. The second kappa shape index (κ2) is 12.1. The molecule has 0 aromatic carbocycles. The molecule has 0 aliphatic heterocycles. The van der Waals surface area contributed by atoms with Crippen molar-refractivity contribution in [1.82, 2.24) is 10.6 Å². The van der Waals surface area contributed by atoms with Crippen LogP contribution in [-0.4, -0.2) is 59.6 Å². The van der Waals surface area contributed by atoms with Crippen molar-refractivity contribution in [3.05, 3.63) is 0 Å². The van der Waals surface area contributed by atoms with E-state index < -0.39 is 42.0 Å². The number of aliphatic carboxylic acids is 1. The molecule has 0 bridgehead atoms. The van der Waals surface area contributed by atoms with Crippen molar-refractivity contribution in [2.75, 3.05) is 0 Å². The second-order valence-corrected chi connectivity index (χ2v) is 5.76. The van der Waals surface area contributed by atoms with Gasteiger partial charge in [-0.2, -0.15) is 0 Å². The molecule has 10 heteroatoms. The summed E-state index contributed by atoms with van der Waals surface area (Å²) in [6.07, 6.45) is 1.73. The Kier molecular flexibility index (Phi) is 11.0. The average Bonchev–Trinajstić information content (AvgIpc) is 2.56. The number of amides is 2. The molecule has 10 nitrogen and oxygen atoms in total. The highest BCUT2D eigenvalue weighted by molar-refractivity contribution is 5.90. The van der Waals surface area contributed by atoms with Crippen LogP contribution in [0.3, 0.4) is 0 Å². The van der Waals surface area contributed by atoms with E-state index >= 15 is 0 Å². The van der Waals surface area contributed by atoms with E-state index in [1.807, 2.05) is 0 Å². The maximum absolute atomic E-state index is 12.2. The minimum Gasteiger partial charge on any atom is -0.481 e. The predicted molar refractivity (Wildman–Crippen MR) is 88.3 cm³/mol. The van der Waals surface area contributed by atoms with E-state index in [0.29, 0.717) is 25.4 Å². The Morgan fingerprint density at radius 3 is 2.12 bits per heavy atom. The number of nitrogens with two attached hydrogens (primary N) is 2. The largest absolute Gasteiger partial charge is 0.481 e. The lowest BCUT2D eigenvalue weighted by molar-refractivity contribution is -0.138. The van der Waals surface area contributed by atoms with Crippen LogP contribution in [0, 0.1) is 0 Å². The molecule has 25 heavy (non-hydrogen) atoms. The third-order valence-electron chi connectivity index (χ3n) is 3.41. The molecule has 0 aliphatic carbocycles. The molecule has 0 unspecified atom stereocenters. The quantitative estimate of drug-likeness (QED) is 0.236. The lowest BCUT2D eigenvalue weighted by Crippen LogP contribution is -2.53. The van der Waals surface area contributed by atoms with Crippen LogP contribution in [0.15, 0.2) is 0 Å². The first-order valence-corrected chi connectivity index (χ1v) is 7.95. The van der Waals surface area contributed by atoms with E-state index in [4.69, 9.17) is 16.6 Å². The third kappa shape index (κ3) is 10.2. The van der Waals surface area contributed by atoms with Crippen molar-refractivity contribution in [2.24, 2.45) is 11.5 Å². The van der Waals surface area contributed by atoms with Gasteiger partial charge in [-0.05, 0) is 32.6 Å². The Labute approximate surface area is 145 Å². The Balaban J connectivity index is 4.72. The number of rotatable bonds is 13. The van der Waals surface area contributed by atoms with Gasteiger partial charge in [-0.25, -0.2) is 0 Å². The fourth-order valence-electron chi connectivity index (χ4n) is 1.94. The molecule has 4 atom stereocenters. The number of carboxylic acids is 1. The monoisotopic (exact) mass is 358 g/mol. The first-order chi connectivity index (χ1) is 11.7. The van der Waals surface area contributed by atoms with Crippen LogP contribution in [0.5, 0.6) is 0 Å². The number of carbonyl (C=O) groups is 5. The van der Waals surface area contributed by atoms with Crippen LogP contribution in [0.25, 0.3) is 0 Å². The number of hydrogen-bond donors (Lipinski definition) is 5. The standard InChI is InChI=1S/C15H26N4O6/c1-9(16)14(24)19-12(5-6-13(22)23)15(25)18-11(8-21)4-2-3-10(17)7-20/h7-12H,2-6,16-17H2,1H3,(H,18,25)(H,19,24)(H,22,23)/t9-,10+,11-,12+/m0/s1. The van der Waals surface area contributed by atoms with E-state index in [9.17, 15) is 24.0 Å². The Morgan fingerprint density at radius 2 is 1.64 bits per heavy atom. The molecule has 0 radical (unpaired) electrons. The SMILES string of the molecule is C[C@H](N)C(=O)N[C@H](CCC(=O)O)C(=O)N[C@H](C=O)CCC[C@@H](N)C=O. The summed E-state index contributed by atoms with van der Waals surface area (Å²) in [5.41, 5.74) is 10.9. The van der Waals surface area contributed by atoms with Crippen molar-refractivity contribution in [3.63, 3.8) is 0 Å². The Morgan fingerprint density at radius 1 is 1.00 bits per heavy atom. The van der Waals surface area contributed by atoms with Gasteiger partial charge >= 0.3 is 5.97 Å². The molecule has 0 saturated heterocycles. The molecule has 0 aromatic heterocycles. The first kappa shape index (κ1) is 22.7. The zero-order valence-corrected chi connectivity index (χ0v) is 14.1. The van der Waals surface area contributed by atoms with E-state index in [0.717, 1.165) is 0 Å². The molecule has 0 spiro atoms. The lowest BCUT2D eigenvalue weighted by atomic mass is 10.1. The number of aldehydes is 2. The molecule has 0 saturated carbocycles. The van der Waals surface area contributed by atoms with Gasteiger partial charge in [0.25, 0.3) is 0 Å². The highest BCUT2D eigenvalue weighted by Gasteiger charge is 2.25. The Hall–Kier alpha value is -2.33. The first-order valence-electron chi connectivity index (χ1n) is 7.95. The second-order valence-electron chi connectivity index (χ2n) is 5.76. The highest BCUT2D eigenvalue weighted by Crippen LogP contribution is 2.04. The summed E-state index contributed by atoms with van der Waals surface area (Å²) in [4.78, 5) is 56.1. The molecule has 7 N–H and O–H groups in total. The van der Waals surface area contributed by atoms with Crippen LogP contribution >= 0.6 is 0 Å². The van der Waals surface area contributed by atoms with Crippen LogP contribution in [0.1, 0.15) is 39.0 Å². The smallest absolute Gasteiger partial charge is 0.303 e.